The lowest BCUT2D eigenvalue weighted by Crippen LogP contribution is -2.47. The van der Waals surface area contributed by atoms with Crippen molar-refractivity contribution in [1.82, 2.24) is 9.29 Å². The van der Waals surface area contributed by atoms with Gasteiger partial charge < -0.3 is 21.0 Å². The van der Waals surface area contributed by atoms with Gasteiger partial charge in [0.05, 0.1) is 11.0 Å². The first-order valence-electron chi connectivity index (χ1n) is 9.80. The molecular weight excluding hydrogens is 404 g/mol. The zero-order valence-electron chi connectivity index (χ0n) is 17.1. The van der Waals surface area contributed by atoms with Gasteiger partial charge in [-0.15, -0.1) is 0 Å². The molecule has 0 bridgehead atoms. The summed E-state index contributed by atoms with van der Waals surface area (Å²) in [6.07, 6.45) is -0.579. The van der Waals surface area contributed by atoms with E-state index in [-0.39, 0.29) is 29.9 Å². The van der Waals surface area contributed by atoms with Crippen LogP contribution in [0.1, 0.15) is 19.4 Å². The van der Waals surface area contributed by atoms with Crippen molar-refractivity contribution in [3.8, 4) is 0 Å². The van der Waals surface area contributed by atoms with Crippen LogP contribution in [-0.2, 0) is 16.4 Å². The smallest absolute Gasteiger partial charge is 0.292 e. The van der Waals surface area contributed by atoms with Crippen LogP contribution in [0.2, 0.25) is 0 Å². The number of nitrogen functional groups attached to an aromatic ring is 1. The molecule has 2 unspecified atom stereocenters. The molecular formula is C21H28N4O4S. The highest BCUT2D eigenvalue weighted by molar-refractivity contribution is 7.89. The second kappa shape index (κ2) is 9.13. The number of sulfonamides is 1. The standard InChI is InChI=1S/C21H28N4O4S/c1-14(2)12-25(13-19(26)17(22)10-15-6-4-3-5-7-15)30(27,28)16-8-9-18-20(11-16)29-21(23)24-18/h3-9,11,14,17,19,26H,10,12-13,22H2,1-2H3,(H2,23,24). The van der Waals surface area contributed by atoms with Crippen LogP contribution in [0.4, 0.5) is 6.01 Å². The number of hydrogen-bond donors (Lipinski definition) is 3. The Kier molecular flexibility index (Phi) is 6.77. The highest BCUT2D eigenvalue weighted by Crippen LogP contribution is 2.24. The molecule has 0 aliphatic rings. The van der Waals surface area contributed by atoms with Gasteiger partial charge in [-0.1, -0.05) is 44.2 Å². The Hall–Kier alpha value is -2.46. The average molecular weight is 433 g/mol. The van der Waals surface area contributed by atoms with Gasteiger partial charge in [-0.2, -0.15) is 9.29 Å². The fourth-order valence-corrected chi connectivity index (χ4v) is 4.91. The number of benzene rings is 2. The van der Waals surface area contributed by atoms with Gasteiger partial charge in [0, 0.05) is 25.2 Å². The van der Waals surface area contributed by atoms with Crippen molar-refractivity contribution in [1.29, 1.82) is 0 Å². The summed E-state index contributed by atoms with van der Waals surface area (Å²) in [5.74, 6) is 0.0574. The second-order valence-corrected chi connectivity index (χ2v) is 9.76. The first-order chi connectivity index (χ1) is 14.2. The van der Waals surface area contributed by atoms with Crippen LogP contribution in [0.25, 0.3) is 11.1 Å². The summed E-state index contributed by atoms with van der Waals surface area (Å²) in [7, 11) is -3.89. The number of aromatic nitrogens is 1. The topological polar surface area (TPSA) is 136 Å². The molecule has 0 aliphatic carbocycles. The summed E-state index contributed by atoms with van der Waals surface area (Å²) in [4.78, 5) is 4.04. The number of oxazole rings is 1. The Balaban J connectivity index is 1.82. The Morgan fingerprint density at radius 2 is 1.83 bits per heavy atom. The lowest BCUT2D eigenvalue weighted by atomic mass is 10.0. The summed E-state index contributed by atoms with van der Waals surface area (Å²) in [5, 5.41) is 10.7. The van der Waals surface area contributed by atoms with E-state index in [1.54, 1.807) is 6.07 Å². The Morgan fingerprint density at radius 3 is 2.50 bits per heavy atom. The van der Waals surface area contributed by atoms with Crippen molar-refractivity contribution < 1.29 is 17.9 Å². The fourth-order valence-electron chi connectivity index (χ4n) is 3.28. The van der Waals surface area contributed by atoms with Crippen LogP contribution in [0.5, 0.6) is 0 Å². The van der Waals surface area contributed by atoms with E-state index < -0.39 is 22.2 Å². The SMILES string of the molecule is CC(C)CN(CC(O)C(N)Cc1ccccc1)S(=O)(=O)c1ccc2nc(N)oc2c1. The average Bonchev–Trinajstić information content (AvgIpc) is 3.07. The Morgan fingerprint density at radius 1 is 1.13 bits per heavy atom. The molecule has 1 aromatic heterocycles. The van der Waals surface area contributed by atoms with Gasteiger partial charge in [0.25, 0.3) is 6.01 Å². The molecule has 5 N–H and O–H groups in total. The summed E-state index contributed by atoms with van der Waals surface area (Å²) < 4.78 is 33.2. The fraction of sp³-hybridized carbons (Fsp3) is 0.381. The molecule has 8 nitrogen and oxygen atoms in total. The summed E-state index contributed by atoms with van der Waals surface area (Å²) in [6.45, 7) is 3.97. The number of nitrogens with two attached hydrogens (primary N) is 2. The van der Waals surface area contributed by atoms with Crippen molar-refractivity contribution in [2.45, 2.75) is 37.3 Å². The predicted octanol–water partition coefficient (Wildman–Crippen LogP) is 1.99. The van der Waals surface area contributed by atoms with E-state index in [0.29, 0.717) is 17.5 Å². The Labute approximate surface area is 176 Å². The van der Waals surface area contributed by atoms with E-state index >= 15 is 0 Å². The van der Waals surface area contributed by atoms with E-state index in [1.165, 1.54) is 16.4 Å². The zero-order chi connectivity index (χ0) is 21.9. The molecule has 0 saturated carbocycles. The molecule has 0 radical (unpaired) electrons. The molecule has 30 heavy (non-hydrogen) atoms. The van der Waals surface area contributed by atoms with Crippen molar-refractivity contribution in [2.24, 2.45) is 11.7 Å². The Bertz CT molecular complexity index is 1080. The number of anilines is 1. The highest BCUT2D eigenvalue weighted by Gasteiger charge is 2.30. The van der Waals surface area contributed by atoms with E-state index in [1.807, 2.05) is 44.2 Å². The predicted molar refractivity (Wildman–Crippen MR) is 116 cm³/mol. The van der Waals surface area contributed by atoms with E-state index in [2.05, 4.69) is 4.98 Å². The van der Waals surface area contributed by atoms with Gasteiger partial charge >= 0.3 is 0 Å². The normalized spacial score (nSPS) is 14.5. The lowest BCUT2D eigenvalue weighted by molar-refractivity contribution is 0.116. The number of aliphatic hydroxyl groups is 1. The number of rotatable bonds is 9. The van der Waals surface area contributed by atoms with Crippen LogP contribution < -0.4 is 11.5 Å². The molecule has 0 saturated heterocycles. The van der Waals surface area contributed by atoms with E-state index in [9.17, 15) is 13.5 Å². The van der Waals surface area contributed by atoms with Crippen LogP contribution in [0.15, 0.2) is 57.8 Å². The maximum absolute atomic E-state index is 13.3. The lowest BCUT2D eigenvalue weighted by Gasteiger charge is -2.28. The van der Waals surface area contributed by atoms with Crippen molar-refractivity contribution >= 4 is 27.1 Å². The van der Waals surface area contributed by atoms with Gasteiger partial charge in [0.2, 0.25) is 10.0 Å². The number of aliphatic hydroxyl groups excluding tert-OH is 1. The van der Waals surface area contributed by atoms with Gasteiger partial charge in [-0.3, -0.25) is 0 Å². The molecule has 0 aliphatic heterocycles. The number of fused-ring (bicyclic) bond motifs is 1. The maximum Gasteiger partial charge on any atom is 0.292 e. The third-order valence-electron chi connectivity index (χ3n) is 4.78. The molecule has 0 fully saturated rings. The summed E-state index contributed by atoms with van der Waals surface area (Å²) in [6, 6.07) is 13.3. The molecule has 9 heteroatoms. The molecule has 0 spiro atoms. The first kappa shape index (κ1) is 22.2. The van der Waals surface area contributed by atoms with E-state index in [4.69, 9.17) is 15.9 Å². The van der Waals surface area contributed by atoms with Gasteiger partial charge in [0.1, 0.15) is 5.52 Å². The minimum atomic E-state index is -3.89. The summed E-state index contributed by atoms with van der Waals surface area (Å²) >= 11 is 0. The zero-order valence-corrected chi connectivity index (χ0v) is 17.9. The minimum absolute atomic E-state index is 0.0270. The maximum atomic E-state index is 13.3. The quantitative estimate of drug-likeness (QED) is 0.470. The molecule has 2 atom stereocenters. The van der Waals surface area contributed by atoms with Gasteiger partial charge in [-0.25, -0.2) is 8.42 Å². The molecule has 3 aromatic rings. The van der Waals surface area contributed by atoms with Crippen molar-refractivity contribution in [3.63, 3.8) is 0 Å². The monoisotopic (exact) mass is 432 g/mol. The molecule has 2 aromatic carbocycles. The molecule has 162 valence electrons. The summed E-state index contributed by atoms with van der Waals surface area (Å²) in [5.41, 5.74) is 13.5. The molecule has 0 amide bonds. The largest absolute Gasteiger partial charge is 0.424 e. The highest BCUT2D eigenvalue weighted by atomic mass is 32.2. The van der Waals surface area contributed by atoms with Crippen LogP contribution in [0.3, 0.4) is 0 Å². The van der Waals surface area contributed by atoms with Gasteiger partial charge in [-0.05, 0) is 30.0 Å². The van der Waals surface area contributed by atoms with Crippen molar-refractivity contribution in [2.75, 3.05) is 18.8 Å². The molecule has 1 heterocycles. The number of hydrogen-bond acceptors (Lipinski definition) is 7. The third kappa shape index (κ3) is 5.17. The minimum Gasteiger partial charge on any atom is -0.424 e. The first-order valence-corrected chi connectivity index (χ1v) is 11.2. The van der Waals surface area contributed by atoms with Crippen LogP contribution in [0, 0.1) is 5.92 Å². The van der Waals surface area contributed by atoms with Crippen LogP contribution in [-0.4, -0.2) is 48.0 Å². The third-order valence-corrected chi connectivity index (χ3v) is 6.61. The van der Waals surface area contributed by atoms with Crippen LogP contribution >= 0.6 is 0 Å². The second-order valence-electron chi connectivity index (χ2n) is 7.82. The van der Waals surface area contributed by atoms with E-state index in [0.717, 1.165) is 5.56 Å². The molecule has 3 rings (SSSR count). The van der Waals surface area contributed by atoms with Crippen molar-refractivity contribution in [3.05, 3.63) is 54.1 Å². The van der Waals surface area contributed by atoms with Gasteiger partial charge in [0.15, 0.2) is 5.58 Å². The number of nitrogens with zero attached hydrogens (tertiary/aromatic N) is 2.